The van der Waals surface area contributed by atoms with Crippen molar-refractivity contribution in [3.8, 4) is 11.3 Å². The van der Waals surface area contributed by atoms with E-state index in [1.54, 1.807) is 7.05 Å². The first-order valence-corrected chi connectivity index (χ1v) is 6.94. The lowest BCUT2D eigenvalue weighted by molar-refractivity contribution is 0.528. The number of H-pyrrole nitrogens is 1. The maximum atomic E-state index is 11.5. The number of oxazole rings is 1. The summed E-state index contributed by atoms with van der Waals surface area (Å²) in [6.45, 7) is 0.534. The third-order valence-corrected chi connectivity index (χ3v) is 3.73. The van der Waals surface area contributed by atoms with Gasteiger partial charge in [-0.25, -0.2) is 9.78 Å². The summed E-state index contributed by atoms with van der Waals surface area (Å²) in [5, 5.41) is 0. The summed E-state index contributed by atoms with van der Waals surface area (Å²) in [5.74, 6) is 0.450. The second-order valence-electron chi connectivity index (χ2n) is 4.49. The number of hydrogen-bond acceptors (Lipinski definition) is 4. The van der Waals surface area contributed by atoms with Gasteiger partial charge in [0.15, 0.2) is 5.58 Å². The van der Waals surface area contributed by atoms with Gasteiger partial charge in [0.05, 0.1) is 5.52 Å². The van der Waals surface area contributed by atoms with Crippen molar-refractivity contribution in [2.24, 2.45) is 12.8 Å². The summed E-state index contributed by atoms with van der Waals surface area (Å²) in [6, 6.07) is 5.56. The zero-order chi connectivity index (χ0) is 14.3. The summed E-state index contributed by atoms with van der Waals surface area (Å²) < 4.78 is 7.45. The van der Waals surface area contributed by atoms with E-state index in [1.165, 1.54) is 4.57 Å². The van der Waals surface area contributed by atoms with Gasteiger partial charge in [-0.15, -0.1) is 0 Å². The van der Waals surface area contributed by atoms with Crippen LogP contribution in [0.2, 0.25) is 0 Å². The molecule has 2 heterocycles. The number of aryl methyl sites for hydroxylation is 1. The quantitative estimate of drug-likeness (QED) is 0.762. The summed E-state index contributed by atoms with van der Waals surface area (Å²) in [7, 11) is 1.68. The molecule has 0 radical (unpaired) electrons. The largest absolute Gasteiger partial charge is 0.419 e. The van der Waals surface area contributed by atoms with E-state index in [0.29, 0.717) is 18.5 Å². The Labute approximate surface area is 122 Å². The van der Waals surface area contributed by atoms with Gasteiger partial charge >= 0.3 is 5.76 Å². The van der Waals surface area contributed by atoms with Crippen molar-refractivity contribution < 1.29 is 4.42 Å². The normalized spacial score (nSPS) is 11.3. The highest BCUT2D eigenvalue weighted by Crippen LogP contribution is 2.28. The smallest absolute Gasteiger partial charge is 0.408 e. The van der Waals surface area contributed by atoms with Gasteiger partial charge in [-0.3, -0.25) is 4.57 Å². The Morgan fingerprint density at radius 3 is 3.05 bits per heavy atom. The first-order chi connectivity index (χ1) is 9.60. The SMILES string of the molecule is Cn1c(=O)oc2cc(-c3nc(CCN)[nH]c3Br)ccc21. The minimum absolute atomic E-state index is 0.373. The molecule has 6 nitrogen and oxygen atoms in total. The molecule has 0 saturated carbocycles. The van der Waals surface area contributed by atoms with E-state index in [1.807, 2.05) is 18.2 Å². The van der Waals surface area contributed by atoms with Crippen molar-refractivity contribution in [3.63, 3.8) is 0 Å². The van der Waals surface area contributed by atoms with E-state index in [2.05, 4.69) is 25.9 Å². The first kappa shape index (κ1) is 13.1. The van der Waals surface area contributed by atoms with E-state index in [4.69, 9.17) is 10.2 Å². The fourth-order valence-electron chi connectivity index (χ4n) is 2.13. The van der Waals surface area contributed by atoms with Gasteiger partial charge < -0.3 is 15.1 Å². The molecule has 0 fully saturated rings. The average molecular weight is 337 g/mol. The van der Waals surface area contributed by atoms with Gasteiger partial charge in [0.2, 0.25) is 0 Å². The molecule has 0 aliphatic rings. The molecule has 0 aliphatic carbocycles. The molecule has 7 heteroatoms. The number of fused-ring (bicyclic) bond motifs is 1. The highest BCUT2D eigenvalue weighted by molar-refractivity contribution is 9.10. The first-order valence-electron chi connectivity index (χ1n) is 6.14. The number of imidazole rings is 1. The van der Waals surface area contributed by atoms with Crippen LogP contribution >= 0.6 is 15.9 Å². The molecule has 0 amide bonds. The van der Waals surface area contributed by atoms with E-state index < -0.39 is 0 Å². The van der Waals surface area contributed by atoms with Gasteiger partial charge in [0.1, 0.15) is 16.1 Å². The van der Waals surface area contributed by atoms with Crippen molar-refractivity contribution >= 4 is 27.0 Å². The minimum Gasteiger partial charge on any atom is -0.408 e. The maximum Gasteiger partial charge on any atom is 0.419 e. The lowest BCUT2D eigenvalue weighted by Crippen LogP contribution is -2.08. The molecule has 104 valence electrons. The Hall–Kier alpha value is -1.86. The van der Waals surface area contributed by atoms with Crippen LogP contribution in [-0.4, -0.2) is 21.1 Å². The van der Waals surface area contributed by atoms with Crippen LogP contribution in [-0.2, 0) is 13.5 Å². The number of rotatable bonds is 3. The number of halogens is 1. The van der Waals surface area contributed by atoms with Crippen LogP contribution in [0.3, 0.4) is 0 Å². The lowest BCUT2D eigenvalue weighted by Gasteiger charge is -1.98. The fraction of sp³-hybridized carbons (Fsp3) is 0.231. The number of hydrogen-bond donors (Lipinski definition) is 2. The van der Waals surface area contributed by atoms with Crippen molar-refractivity contribution in [3.05, 3.63) is 39.2 Å². The summed E-state index contributed by atoms with van der Waals surface area (Å²) in [5.41, 5.74) is 8.48. The van der Waals surface area contributed by atoms with Crippen LogP contribution in [0.25, 0.3) is 22.4 Å². The average Bonchev–Trinajstić information content (AvgIpc) is 2.91. The monoisotopic (exact) mass is 336 g/mol. The zero-order valence-corrected chi connectivity index (χ0v) is 12.4. The van der Waals surface area contributed by atoms with Crippen molar-refractivity contribution in [2.45, 2.75) is 6.42 Å². The summed E-state index contributed by atoms with van der Waals surface area (Å²) in [6.07, 6.45) is 0.682. The molecule has 3 N–H and O–H groups in total. The number of aromatic amines is 1. The molecule has 0 atom stereocenters. The van der Waals surface area contributed by atoms with Crippen LogP contribution in [0.1, 0.15) is 5.82 Å². The molecule has 0 aliphatic heterocycles. The second-order valence-corrected chi connectivity index (χ2v) is 5.29. The van der Waals surface area contributed by atoms with Crippen LogP contribution in [0, 0.1) is 0 Å². The zero-order valence-electron chi connectivity index (χ0n) is 10.8. The fourth-order valence-corrected chi connectivity index (χ4v) is 2.67. The maximum absolute atomic E-state index is 11.5. The Kier molecular flexibility index (Phi) is 3.23. The number of nitrogens with zero attached hydrogens (tertiary/aromatic N) is 2. The highest BCUT2D eigenvalue weighted by atomic mass is 79.9. The predicted octanol–water partition coefficient (Wildman–Crippen LogP) is 1.79. The number of nitrogens with one attached hydrogen (secondary N) is 1. The molecule has 1 aromatic carbocycles. The summed E-state index contributed by atoms with van der Waals surface area (Å²) >= 11 is 3.45. The molecule has 0 saturated heterocycles. The lowest BCUT2D eigenvalue weighted by atomic mass is 10.1. The standard InChI is InChI=1S/C13H13BrN4O2/c1-18-8-3-2-7(6-9(8)20-13(18)19)11-12(14)17-10(16-11)4-5-15/h2-3,6H,4-5,15H2,1H3,(H,16,17). The van der Waals surface area contributed by atoms with Crippen molar-refractivity contribution in [1.29, 1.82) is 0 Å². The Morgan fingerprint density at radius 1 is 1.50 bits per heavy atom. The topological polar surface area (TPSA) is 89.8 Å². The van der Waals surface area contributed by atoms with Gasteiger partial charge in [0, 0.05) is 19.0 Å². The van der Waals surface area contributed by atoms with Crippen molar-refractivity contribution in [1.82, 2.24) is 14.5 Å². The summed E-state index contributed by atoms with van der Waals surface area (Å²) in [4.78, 5) is 19.1. The second kappa shape index (κ2) is 4.92. The molecule has 3 rings (SSSR count). The third-order valence-electron chi connectivity index (χ3n) is 3.16. The van der Waals surface area contributed by atoms with Crippen molar-refractivity contribution in [2.75, 3.05) is 6.54 Å². The molecule has 0 unspecified atom stereocenters. The van der Waals surface area contributed by atoms with E-state index in [9.17, 15) is 4.79 Å². The van der Waals surface area contributed by atoms with Gasteiger partial charge in [0.25, 0.3) is 0 Å². The molecule has 3 aromatic rings. The Bertz CT molecular complexity index is 831. The molecule has 20 heavy (non-hydrogen) atoms. The number of benzene rings is 1. The minimum atomic E-state index is -0.373. The van der Waals surface area contributed by atoms with Gasteiger partial charge in [-0.1, -0.05) is 6.07 Å². The molecular formula is C13H13BrN4O2. The van der Waals surface area contributed by atoms with Crippen LogP contribution in [0.15, 0.2) is 32.0 Å². The number of aromatic nitrogens is 3. The van der Waals surface area contributed by atoms with Gasteiger partial charge in [-0.2, -0.15) is 0 Å². The van der Waals surface area contributed by atoms with Gasteiger partial charge in [-0.05, 0) is 34.6 Å². The van der Waals surface area contributed by atoms with Crippen LogP contribution in [0.5, 0.6) is 0 Å². The molecule has 0 spiro atoms. The number of nitrogens with two attached hydrogens (primary N) is 1. The van der Waals surface area contributed by atoms with Crippen LogP contribution < -0.4 is 11.5 Å². The third kappa shape index (κ3) is 2.08. The van der Waals surface area contributed by atoms with E-state index >= 15 is 0 Å². The highest BCUT2D eigenvalue weighted by Gasteiger charge is 2.13. The Morgan fingerprint density at radius 2 is 2.30 bits per heavy atom. The Balaban J connectivity index is 2.12. The molecule has 0 bridgehead atoms. The van der Waals surface area contributed by atoms with E-state index in [0.717, 1.165) is 27.2 Å². The molecular weight excluding hydrogens is 324 g/mol. The molecule has 2 aromatic heterocycles. The van der Waals surface area contributed by atoms with Crippen LogP contribution in [0.4, 0.5) is 0 Å². The predicted molar refractivity (Wildman–Crippen MR) is 79.5 cm³/mol. The van der Waals surface area contributed by atoms with E-state index in [-0.39, 0.29) is 5.76 Å².